The molecule has 3 N–H and O–H groups in total. The van der Waals surface area contributed by atoms with Crippen LogP contribution in [-0.4, -0.2) is 41.3 Å². The Labute approximate surface area is 210 Å². The quantitative estimate of drug-likeness (QED) is 0.302. The SMILES string of the molecule is C[C@@H](OCc1ccc(CCCCC(=O)OC(C)(C)C)cc1)[C@H](CCC(N)=O)NC(=O)OC(C)(C)C. The predicted octanol–water partition coefficient (Wildman–Crippen LogP) is 4.81. The molecule has 0 aliphatic heterocycles. The Kier molecular flexibility index (Phi) is 12.2. The van der Waals surface area contributed by atoms with Gasteiger partial charge in [-0.05, 0) is 85.3 Å². The fourth-order valence-corrected chi connectivity index (χ4v) is 3.32. The van der Waals surface area contributed by atoms with Crippen LogP contribution in [0.5, 0.6) is 0 Å². The molecule has 0 bridgehead atoms. The highest BCUT2D eigenvalue weighted by molar-refractivity contribution is 5.74. The molecule has 1 aromatic rings. The monoisotopic (exact) mass is 492 g/mol. The molecule has 1 rings (SSSR count). The molecule has 0 aliphatic rings. The van der Waals surface area contributed by atoms with Gasteiger partial charge in [-0.3, -0.25) is 9.59 Å². The summed E-state index contributed by atoms with van der Waals surface area (Å²) in [6.07, 6.45) is 2.59. The van der Waals surface area contributed by atoms with Crippen LogP contribution in [0.1, 0.15) is 91.7 Å². The molecule has 0 fully saturated rings. The molecular weight excluding hydrogens is 448 g/mol. The molecule has 8 heteroatoms. The van der Waals surface area contributed by atoms with Crippen LogP contribution < -0.4 is 11.1 Å². The number of aryl methyl sites for hydroxylation is 1. The number of unbranched alkanes of at least 4 members (excludes halogenated alkanes) is 1. The lowest BCUT2D eigenvalue weighted by atomic mass is 10.0. The number of nitrogens with one attached hydrogen (secondary N) is 1. The minimum absolute atomic E-state index is 0.136. The Morgan fingerprint density at radius 2 is 1.46 bits per heavy atom. The van der Waals surface area contributed by atoms with Crippen molar-refractivity contribution in [1.82, 2.24) is 5.32 Å². The molecule has 35 heavy (non-hydrogen) atoms. The predicted molar refractivity (Wildman–Crippen MR) is 136 cm³/mol. The summed E-state index contributed by atoms with van der Waals surface area (Å²) in [6, 6.07) is 7.72. The minimum Gasteiger partial charge on any atom is -0.460 e. The first-order valence-corrected chi connectivity index (χ1v) is 12.3. The van der Waals surface area contributed by atoms with E-state index in [1.165, 1.54) is 5.56 Å². The Morgan fingerprint density at radius 1 is 0.886 bits per heavy atom. The Morgan fingerprint density at radius 3 is 2.00 bits per heavy atom. The van der Waals surface area contributed by atoms with Gasteiger partial charge in [0.15, 0.2) is 0 Å². The maximum absolute atomic E-state index is 12.2. The molecule has 0 saturated heterocycles. The van der Waals surface area contributed by atoms with Gasteiger partial charge in [0.05, 0.1) is 18.8 Å². The first kappa shape index (κ1) is 30.4. The second kappa shape index (κ2) is 14.1. The van der Waals surface area contributed by atoms with Crippen LogP contribution in [0.3, 0.4) is 0 Å². The number of alkyl carbamates (subject to hydrolysis) is 1. The topological polar surface area (TPSA) is 117 Å². The van der Waals surface area contributed by atoms with E-state index in [2.05, 4.69) is 17.4 Å². The van der Waals surface area contributed by atoms with Crippen molar-refractivity contribution in [1.29, 1.82) is 0 Å². The summed E-state index contributed by atoms with van der Waals surface area (Å²) >= 11 is 0. The van der Waals surface area contributed by atoms with Gasteiger partial charge in [0.2, 0.25) is 5.91 Å². The molecule has 0 saturated carbocycles. The van der Waals surface area contributed by atoms with Crippen molar-refractivity contribution in [3.8, 4) is 0 Å². The summed E-state index contributed by atoms with van der Waals surface area (Å²) in [4.78, 5) is 35.2. The lowest BCUT2D eigenvalue weighted by Gasteiger charge is -2.27. The second-order valence-electron chi connectivity index (χ2n) is 10.9. The van der Waals surface area contributed by atoms with E-state index < -0.39 is 29.2 Å². The Bertz CT molecular complexity index is 808. The number of rotatable bonds is 13. The summed E-state index contributed by atoms with van der Waals surface area (Å²) in [5, 5.41) is 2.80. The van der Waals surface area contributed by atoms with Crippen molar-refractivity contribution in [2.24, 2.45) is 5.73 Å². The van der Waals surface area contributed by atoms with Crippen molar-refractivity contribution >= 4 is 18.0 Å². The van der Waals surface area contributed by atoms with Crippen molar-refractivity contribution in [3.05, 3.63) is 35.4 Å². The van der Waals surface area contributed by atoms with Gasteiger partial charge in [0.25, 0.3) is 0 Å². The largest absolute Gasteiger partial charge is 0.460 e. The average molecular weight is 493 g/mol. The van der Waals surface area contributed by atoms with E-state index in [4.69, 9.17) is 19.9 Å². The van der Waals surface area contributed by atoms with Gasteiger partial charge < -0.3 is 25.3 Å². The summed E-state index contributed by atoms with van der Waals surface area (Å²) in [5.74, 6) is -0.593. The van der Waals surface area contributed by atoms with Crippen LogP contribution in [-0.2, 0) is 36.8 Å². The normalized spacial score (nSPS) is 13.6. The van der Waals surface area contributed by atoms with Crippen molar-refractivity contribution in [3.63, 3.8) is 0 Å². The first-order chi connectivity index (χ1) is 16.1. The molecule has 0 unspecified atom stereocenters. The molecule has 0 aliphatic carbocycles. The third kappa shape index (κ3) is 15.1. The maximum Gasteiger partial charge on any atom is 0.407 e. The van der Waals surface area contributed by atoms with Gasteiger partial charge >= 0.3 is 12.1 Å². The summed E-state index contributed by atoms with van der Waals surface area (Å²) < 4.78 is 16.6. The third-order valence-electron chi connectivity index (χ3n) is 5.02. The third-order valence-corrected chi connectivity index (χ3v) is 5.02. The fraction of sp³-hybridized carbons (Fsp3) is 0.667. The lowest BCUT2D eigenvalue weighted by Crippen LogP contribution is -2.45. The zero-order valence-corrected chi connectivity index (χ0v) is 22.4. The molecule has 8 nitrogen and oxygen atoms in total. The van der Waals surface area contributed by atoms with Crippen LogP contribution in [0.4, 0.5) is 4.79 Å². The number of esters is 1. The van der Waals surface area contributed by atoms with Crippen LogP contribution in [0.15, 0.2) is 24.3 Å². The second-order valence-corrected chi connectivity index (χ2v) is 10.9. The number of nitrogens with two attached hydrogens (primary N) is 1. The van der Waals surface area contributed by atoms with Gasteiger partial charge in [-0.1, -0.05) is 24.3 Å². The van der Waals surface area contributed by atoms with Crippen molar-refractivity contribution < 1.29 is 28.6 Å². The molecule has 0 spiro atoms. The number of benzene rings is 1. The summed E-state index contributed by atoms with van der Waals surface area (Å²) in [6.45, 7) is 13.2. The first-order valence-electron chi connectivity index (χ1n) is 12.3. The molecule has 2 amide bonds. The van der Waals surface area contributed by atoms with E-state index in [1.54, 1.807) is 20.8 Å². The zero-order valence-electron chi connectivity index (χ0n) is 22.4. The van der Waals surface area contributed by atoms with E-state index >= 15 is 0 Å². The highest BCUT2D eigenvalue weighted by Crippen LogP contribution is 2.15. The van der Waals surface area contributed by atoms with Gasteiger partial charge in [-0.25, -0.2) is 4.79 Å². The summed E-state index contributed by atoms with van der Waals surface area (Å²) in [7, 11) is 0. The van der Waals surface area contributed by atoms with E-state index in [0.29, 0.717) is 19.4 Å². The average Bonchev–Trinajstić information content (AvgIpc) is 2.70. The van der Waals surface area contributed by atoms with Gasteiger partial charge in [-0.2, -0.15) is 0 Å². The highest BCUT2D eigenvalue weighted by atomic mass is 16.6. The minimum atomic E-state index is -0.625. The van der Waals surface area contributed by atoms with Crippen molar-refractivity contribution in [2.75, 3.05) is 0 Å². The number of hydrogen-bond acceptors (Lipinski definition) is 6. The number of hydrogen-bond donors (Lipinski definition) is 2. The van der Waals surface area contributed by atoms with E-state index in [1.807, 2.05) is 39.8 Å². The van der Waals surface area contributed by atoms with Gasteiger partial charge in [0.1, 0.15) is 11.2 Å². The standard InChI is InChI=1S/C27H44N2O6/c1-19(22(16-17-23(28)30)29-25(32)35-27(5,6)7)33-18-21-14-12-20(13-15-21)10-8-9-11-24(31)34-26(2,3)4/h12-15,19,22H,8-11,16-18H2,1-7H3,(H2,28,30)(H,29,32)/t19-,22+/m1/s1. The molecule has 0 heterocycles. The molecule has 1 aromatic carbocycles. The zero-order chi connectivity index (χ0) is 26.6. The lowest BCUT2D eigenvalue weighted by molar-refractivity contribution is -0.154. The van der Waals surface area contributed by atoms with E-state index in [-0.39, 0.29) is 18.5 Å². The van der Waals surface area contributed by atoms with Crippen LogP contribution in [0.2, 0.25) is 0 Å². The van der Waals surface area contributed by atoms with Crippen LogP contribution in [0.25, 0.3) is 0 Å². The van der Waals surface area contributed by atoms with E-state index in [0.717, 1.165) is 24.8 Å². The number of amides is 2. The fourth-order valence-electron chi connectivity index (χ4n) is 3.32. The molecule has 0 radical (unpaired) electrons. The molecular formula is C27H44N2O6. The summed E-state index contributed by atoms with van der Waals surface area (Å²) in [5.41, 5.74) is 6.41. The van der Waals surface area contributed by atoms with Gasteiger partial charge in [0, 0.05) is 12.8 Å². The Balaban J connectivity index is 2.51. The van der Waals surface area contributed by atoms with Crippen LogP contribution >= 0.6 is 0 Å². The van der Waals surface area contributed by atoms with Crippen molar-refractivity contribution in [2.45, 2.75) is 117 Å². The molecule has 198 valence electrons. The smallest absolute Gasteiger partial charge is 0.407 e. The van der Waals surface area contributed by atoms with Crippen LogP contribution in [0, 0.1) is 0 Å². The maximum atomic E-state index is 12.2. The van der Waals surface area contributed by atoms with E-state index in [9.17, 15) is 14.4 Å². The molecule has 2 atom stereocenters. The molecule has 0 aromatic heterocycles. The Hall–Kier alpha value is -2.61. The highest BCUT2D eigenvalue weighted by Gasteiger charge is 2.24. The number of primary amides is 1. The number of ether oxygens (including phenoxy) is 3. The number of carbonyl (C=O) groups is 3. The number of carbonyl (C=O) groups excluding carboxylic acids is 3. The van der Waals surface area contributed by atoms with Gasteiger partial charge in [-0.15, -0.1) is 0 Å².